The topological polar surface area (TPSA) is 78.3 Å². The Balaban J connectivity index is 1.69. The molecule has 1 aromatic heterocycles. The summed E-state index contributed by atoms with van der Waals surface area (Å²) in [4.78, 5) is 12.4. The number of aromatic nitrogens is 3. The summed E-state index contributed by atoms with van der Waals surface area (Å²) in [5, 5.41) is 12.3. The van der Waals surface area contributed by atoms with E-state index >= 15 is 0 Å². The Morgan fingerprint density at radius 2 is 1.96 bits per heavy atom. The van der Waals surface area contributed by atoms with E-state index in [1.54, 1.807) is 35.2 Å². The molecule has 0 spiro atoms. The number of thioether (sulfide) groups is 1. The molecule has 146 valence electrons. The number of ether oxygens (including phenoxy) is 2. The molecular weight excluding hydrogens is 423 g/mol. The minimum Gasteiger partial charge on any atom is -0.495 e. The second-order valence-corrected chi connectivity index (χ2v) is 7.27. The quantitative estimate of drug-likeness (QED) is 0.553. The standard InChI is InChI=1S/C18H16Cl2N4O3S/c1-26-15-8-16(27-2)14(7-13(15)20)22-17(25)9-28-18-23-21-10-24(18)12-5-3-4-11(19)6-12/h3-8,10H,9H2,1-2H3,(H,22,25). The number of amides is 1. The average Bonchev–Trinajstić information content (AvgIpc) is 3.15. The fourth-order valence-electron chi connectivity index (χ4n) is 2.40. The summed E-state index contributed by atoms with van der Waals surface area (Å²) in [5.74, 6) is 0.777. The summed E-state index contributed by atoms with van der Waals surface area (Å²) in [6.07, 6.45) is 1.57. The molecule has 28 heavy (non-hydrogen) atoms. The molecule has 2 aromatic carbocycles. The van der Waals surface area contributed by atoms with Crippen molar-refractivity contribution in [3.8, 4) is 17.2 Å². The smallest absolute Gasteiger partial charge is 0.234 e. The van der Waals surface area contributed by atoms with E-state index in [9.17, 15) is 4.79 Å². The van der Waals surface area contributed by atoms with E-state index in [2.05, 4.69) is 15.5 Å². The number of anilines is 1. The first-order chi connectivity index (χ1) is 13.5. The summed E-state index contributed by atoms with van der Waals surface area (Å²) in [7, 11) is 3.01. The zero-order valence-corrected chi connectivity index (χ0v) is 17.3. The van der Waals surface area contributed by atoms with Crippen LogP contribution in [0.15, 0.2) is 47.9 Å². The van der Waals surface area contributed by atoms with E-state index in [1.807, 2.05) is 12.1 Å². The van der Waals surface area contributed by atoms with Crippen molar-refractivity contribution in [2.45, 2.75) is 5.16 Å². The third-order valence-electron chi connectivity index (χ3n) is 3.68. The van der Waals surface area contributed by atoms with Crippen molar-refractivity contribution in [2.24, 2.45) is 0 Å². The average molecular weight is 439 g/mol. The van der Waals surface area contributed by atoms with E-state index in [1.165, 1.54) is 26.0 Å². The predicted octanol–water partition coefficient (Wildman–Crippen LogP) is 4.32. The maximum atomic E-state index is 12.4. The lowest BCUT2D eigenvalue weighted by Crippen LogP contribution is -2.15. The molecule has 1 amide bonds. The van der Waals surface area contributed by atoms with Gasteiger partial charge in [0, 0.05) is 11.1 Å². The lowest BCUT2D eigenvalue weighted by Gasteiger charge is -2.13. The highest BCUT2D eigenvalue weighted by molar-refractivity contribution is 7.99. The van der Waals surface area contributed by atoms with Crippen molar-refractivity contribution in [3.05, 3.63) is 52.8 Å². The van der Waals surface area contributed by atoms with Gasteiger partial charge in [-0.25, -0.2) is 0 Å². The number of halogens is 2. The van der Waals surface area contributed by atoms with Crippen LogP contribution in [0.2, 0.25) is 10.0 Å². The Labute approximate surface area is 176 Å². The Morgan fingerprint density at radius 3 is 2.68 bits per heavy atom. The van der Waals surface area contributed by atoms with Gasteiger partial charge in [-0.15, -0.1) is 10.2 Å². The van der Waals surface area contributed by atoms with Crippen LogP contribution in [0.4, 0.5) is 5.69 Å². The second kappa shape index (κ2) is 9.18. The van der Waals surface area contributed by atoms with Gasteiger partial charge < -0.3 is 14.8 Å². The second-order valence-electron chi connectivity index (χ2n) is 5.49. The molecule has 3 aromatic rings. The first-order valence-corrected chi connectivity index (χ1v) is 9.76. The van der Waals surface area contributed by atoms with Gasteiger partial charge >= 0.3 is 0 Å². The monoisotopic (exact) mass is 438 g/mol. The van der Waals surface area contributed by atoms with E-state index < -0.39 is 0 Å². The number of methoxy groups -OCH3 is 2. The normalized spacial score (nSPS) is 10.6. The van der Waals surface area contributed by atoms with Crippen molar-refractivity contribution in [2.75, 3.05) is 25.3 Å². The summed E-state index contributed by atoms with van der Waals surface area (Å²) in [5.41, 5.74) is 1.26. The van der Waals surface area contributed by atoms with E-state index in [-0.39, 0.29) is 11.7 Å². The molecule has 0 unspecified atom stereocenters. The number of nitrogens with zero attached hydrogens (tertiary/aromatic N) is 3. The number of carbonyl (C=O) groups is 1. The van der Waals surface area contributed by atoms with Crippen LogP contribution in [0, 0.1) is 0 Å². The van der Waals surface area contributed by atoms with Crippen LogP contribution in [-0.4, -0.2) is 40.6 Å². The summed E-state index contributed by atoms with van der Waals surface area (Å²) < 4.78 is 12.2. The Bertz CT molecular complexity index is 997. The molecule has 0 aliphatic carbocycles. The van der Waals surface area contributed by atoms with Gasteiger partial charge in [-0.3, -0.25) is 9.36 Å². The van der Waals surface area contributed by atoms with Gasteiger partial charge in [0.1, 0.15) is 17.8 Å². The first-order valence-electron chi connectivity index (χ1n) is 8.02. The van der Waals surface area contributed by atoms with Crippen LogP contribution in [0.5, 0.6) is 11.5 Å². The lowest BCUT2D eigenvalue weighted by atomic mass is 10.2. The van der Waals surface area contributed by atoms with Crippen LogP contribution >= 0.6 is 35.0 Å². The maximum Gasteiger partial charge on any atom is 0.234 e. The number of carbonyl (C=O) groups excluding carboxylic acids is 1. The van der Waals surface area contributed by atoms with Crippen LogP contribution in [0.1, 0.15) is 0 Å². The van der Waals surface area contributed by atoms with Crippen molar-refractivity contribution >= 4 is 46.6 Å². The number of hydrogen-bond acceptors (Lipinski definition) is 6. The highest BCUT2D eigenvalue weighted by atomic mass is 35.5. The molecule has 0 saturated carbocycles. The molecule has 10 heteroatoms. The molecule has 0 bridgehead atoms. The third kappa shape index (κ3) is 4.70. The van der Waals surface area contributed by atoms with Gasteiger partial charge in [0.2, 0.25) is 5.91 Å². The lowest BCUT2D eigenvalue weighted by molar-refractivity contribution is -0.113. The maximum absolute atomic E-state index is 12.4. The highest BCUT2D eigenvalue weighted by Crippen LogP contribution is 2.36. The van der Waals surface area contributed by atoms with E-state index in [0.29, 0.717) is 32.4 Å². The van der Waals surface area contributed by atoms with Crippen molar-refractivity contribution < 1.29 is 14.3 Å². The predicted molar refractivity (Wildman–Crippen MR) is 110 cm³/mol. The fourth-order valence-corrected chi connectivity index (χ4v) is 3.55. The van der Waals surface area contributed by atoms with Gasteiger partial charge in [0.25, 0.3) is 0 Å². The van der Waals surface area contributed by atoms with Crippen LogP contribution < -0.4 is 14.8 Å². The number of rotatable bonds is 7. The molecule has 0 atom stereocenters. The molecule has 1 N–H and O–H groups in total. The van der Waals surface area contributed by atoms with Crippen molar-refractivity contribution in [1.29, 1.82) is 0 Å². The minimum absolute atomic E-state index is 0.117. The van der Waals surface area contributed by atoms with Crippen molar-refractivity contribution in [3.63, 3.8) is 0 Å². The SMILES string of the molecule is COc1cc(OC)c(NC(=O)CSc2nncn2-c2cccc(Cl)c2)cc1Cl. The zero-order valence-electron chi connectivity index (χ0n) is 15.0. The molecule has 7 nitrogen and oxygen atoms in total. The van der Waals surface area contributed by atoms with E-state index in [4.69, 9.17) is 32.7 Å². The molecule has 0 fully saturated rings. The van der Waals surface area contributed by atoms with Gasteiger partial charge in [-0.2, -0.15) is 0 Å². The van der Waals surface area contributed by atoms with Gasteiger partial charge in [-0.1, -0.05) is 41.0 Å². The molecule has 3 rings (SSSR count). The third-order valence-corrected chi connectivity index (χ3v) is 5.16. The van der Waals surface area contributed by atoms with Crippen LogP contribution in [-0.2, 0) is 4.79 Å². The largest absolute Gasteiger partial charge is 0.495 e. The number of hydrogen-bond donors (Lipinski definition) is 1. The highest BCUT2D eigenvalue weighted by Gasteiger charge is 2.14. The molecule has 0 radical (unpaired) electrons. The molecule has 1 heterocycles. The molecule has 0 aliphatic rings. The van der Waals surface area contributed by atoms with Crippen LogP contribution in [0.25, 0.3) is 5.69 Å². The van der Waals surface area contributed by atoms with Crippen molar-refractivity contribution in [1.82, 2.24) is 14.8 Å². The van der Waals surface area contributed by atoms with Gasteiger partial charge in [0.15, 0.2) is 5.16 Å². The Morgan fingerprint density at radius 1 is 1.18 bits per heavy atom. The fraction of sp³-hybridized carbons (Fsp3) is 0.167. The first kappa shape index (κ1) is 20.3. The molecular formula is C18H16Cl2N4O3S. The number of benzene rings is 2. The number of nitrogens with one attached hydrogen (secondary N) is 1. The zero-order chi connectivity index (χ0) is 20.1. The Kier molecular flexibility index (Phi) is 6.66. The molecule has 0 aliphatic heterocycles. The summed E-state index contributed by atoms with van der Waals surface area (Å²) >= 11 is 13.4. The van der Waals surface area contributed by atoms with E-state index in [0.717, 1.165) is 5.69 Å². The van der Waals surface area contributed by atoms with Gasteiger partial charge in [-0.05, 0) is 24.3 Å². The summed E-state index contributed by atoms with van der Waals surface area (Å²) in [6, 6.07) is 10.5. The Hall–Kier alpha value is -2.42. The van der Waals surface area contributed by atoms with Crippen LogP contribution in [0.3, 0.4) is 0 Å². The summed E-state index contributed by atoms with van der Waals surface area (Å²) in [6.45, 7) is 0. The minimum atomic E-state index is -0.245. The molecule has 0 saturated heterocycles. The van der Waals surface area contributed by atoms with Gasteiger partial charge in [0.05, 0.1) is 36.4 Å².